The lowest BCUT2D eigenvalue weighted by atomic mass is 9.70. The number of nitrogens with one attached hydrogen (secondary N) is 1. The second kappa shape index (κ2) is 8.47. The molecule has 2 amide bonds. The van der Waals surface area contributed by atoms with Crippen molar-refractivity contribution in [1.29, 1.82) is 5.26 Å². The number of hydrogen-bond donors (Lipinski definition) is 1. The fourth-order valence-electron chi connectivity index (χ4n) is 5.27. The summed E-state index contributed by atoms with van der Waals surface area (Å²) in [4.78, 5) is 29.9. The number of likely N-dealkylation sites (tertiary alicyclic amines) is 1. The summed E-state index contributed by atoms with van der Waals surface area (Å²) < 4.78 is 40.3. The Bertz CT molecular complexity index is 1010. The molecule has 3 aliphatic rings. The minimum atomic E-state index is -4.61. The number of nitriles is 1. The van der Waals surface area contributed by atoms with Gasteiger partial charge in [0.1, 0.15) is 0 Å². The first-order chi connectivity index (χ1) is 15.8. The number of nitrogens with zero attached hydrogens (tertiary/aromatic N) is 3. The van der Waals surface area contributed by atoms with Crippen molar-refractivity contribution in [3.05, 3.63) is 29.3 Å². The van der Waals surface area contributed by atoms with Crippen LogP contribution in [0.3, 0.4) is 0 Å². The lowest BCUT2D eigenvalue weighted by Crippen LogP contribution is -2.49. The van der Waals surface area contributed by atoms with Gasteiger partial charge in [-0.1, -0.05) is 20.8 Å². The molecule has 1 atom stereocenters. The highest BCUT2D eigenvalue weighted by Gasteiger charge is 2.53. The largest absolute Gasteiger partial charge is 0.417 e. The molecule has 1 aromatic carbocycles. The SMILES string of the molecule is CC(C)(C)C(=O)N1CC(C(=O)NC2CC2)C2(CCN(c3ccc(C#N)c(C(F)(F)F)c3)CC2)C1. The number of carbonyl (C=O) groups excluding carboxylic acids is 2. The molecule has 1 spiro atoms. The zero-order valence-electron chi connectivity index (χ0n) is 19.8. The third-order valence-electron chi connectivity index (χ3n) is 7.37. The van der Waals surface area contributed by atoms with Gasteiger partial charge < -0.3 is 15.1 Å². The fourth-order valence-corrected chi connectivity index (χ4v) is 5.27. The number of amides is 2. The Hall–Kier alpha value is -2.76. The van der Waals surface area contributed by atoms with Crippen LogP contribution in [0.1, 0.15) is 57.6 Å². The zero-order chi connectivity index (χ0) is 24.9. The molecule has 1 N–H and O–H groups in total. The highest BCUT2D eigenvalue weighted by molar-refractivity contribution is 5.85. The summed E-state index contributed by atoms with van der Waals surface area (Å²) in [7, 11) is 0. The van der Waals surface area contributed by atoms with E-state index in [4.69, 9.17) is 5.26 Å². The van der Waals surface area contributed by atoms with E-state index in [-0.39, 0.29) is 23.8 Å². The Labute approximate surface area is 198 Å². The smallest absolute Gasteiger partial charge is 0.371 e. The van der Waals surface area contributed by atoms with Gasteiger partial charge in [0.2, 0.25) is 11.8 Å². The topological polar surface area (TPSA) is 76.4 Å². The summed E-state index contributed by atoms with van der Waals surface area (Å²) in [5.74, 6) is -0.330. The van der Waals surface area contributed by atoms with Crippen molar-refractivity contribution in [3.8, 4) is 6.07 Å². The molecule has 2 heterocycles. The van der Waals surface area contributed by atoms with Crippen LogP contribution in [0, 0.1) is 28.1 Å². The van der Waals surface area contributed by atoms with E-state index in [9.17, 15) is 22.8 Å². The lowest BCUT2D eigenvalue weighted by molar-refractivity contribution is -0.139. The highest BCUT2D eigenvalue weighted by atomic mass is 19.4. The second-order valence-electron chi connectivity index (χ2n) is 11.0. The van der Waals surface area contributed by atoms with E-state index in [1.165, 1.54) is 6.07 Å². The standard InChI is InChI=1S/C25H31F3N4O2/c1-23(2,3)22(34)32-14-20(21(33)30-17-5-6-17)24(15-32)8-10-31(11-9-24)18-7-4-16(13-29)19(12-18)25(26,27)28/h4,7,12,17,20H,5-6,8-11,14-15H2,1-3H3,(H,30,33). The Balaban J connectivity index is 1.55. The molecule has 34 heavy (non-hydrogen) atoms. The number of anilines is 1. The van der Waals surface area contributed by atoms with Crippen LogP contribution >= 0.6 is 0 Å². The summed E-state index contributed by atoms with van der Waals surface area (Å²) >= 11 is 0. The van der Waals surface area contributed by atoms with Gasteiger partial charge in [0.15, 0.2) is 0 Å². The molecule has 184 valence electrons. The molecule has 4 rings (SSSR count). The van der Waals surface area contributed by atoms with Crippen molar-refractivity contribution in [1.82, 2.24) is 10.2 Å². The molecule has 9 heteroatoms. The average Bonchev–Trinajstić information content (AvgIpc) is 3.51. The molecule has 6 nitrogen and oxygen atoms in total. The van der Waals surface area contributed by atoms with Crippen molar-refractivity contribution in [2.75, 3.05) is 31.1 Å². The molecule has 0 bridgehead atoms. The Kier molecular flexibility index (Phi) is 6.07. The van der Waals surface area contributed by atoms with Crippen LogP contribution in [0.15, 0.2) is 18.2 Å². The normalized spacial score (nSPS) is 22.6. The summed E-state index contributed by atoms with van der Waals surface area (Å²) in [6.07, 6.45) is -1.45. The minimum absolute atomic E-state index is 0.0120. The number of benzene rings is 1. The molecule has 2 aliphatic heterocycles. The van der Waals surface area contributed by atoms with E-state index >= 15 is 0 Å². The number of alkyl halides is 3. The van der Waals surface area contributed by atoms with Crippen molar-refractivity contribution >= 4 is 17.5 Å². The van der Waals surface area contributed by atoms with Crippen LogP contribution in [0.5, 0.6) is 0 Å². The first-order valence-corrected chi connectivity index (χ1v) is 11.8. The van der Waals surface area contributed by atoms with Crippen molar-refractivity contribution < 1.29 is 22.8 Å². The van der Waals surface area contributed by atoms with Crippen LogP contribution in [0.4, 0.5) is 18.9 Å². The van der Waals surface area contributed by atoms with Crippen molar-refractivity contribution in [2.24, 2.45) is 16.7 Å². The van der Waals surface area contributed by atoms with E-state index < -0.39 is 28.1 Å². The highest BCUT2D eigenvalue weighted by Crippen LogP contribution is 2.47. The Morgan fingerprint density at radius 2 is 1.79 bits per heavy atom. The third-order valence-corrected chi connectivity index (χ3v) is 7.37. The van der Waals surface area contributed by atoms with Gasteiger partial charge in [-0.05, 0) is 43.9 Å². The molecule has 3 fully saturated rings. The number of piperidine rings is 1. The summed E-state index contributed by atoms with van der Waals surface area (Å²) in [6.45, 7) is 7.43. The van der Waals surface area contributed by atoms with Gasteiger partial charge in [0, 0.05) is 48.7 Å². The molecule has 0 aromatic heterocycles. The summed E-state index contributed by atoms with van der Waals surface area (Å²) in [5.41, 5.74) is -1.86. The zero-order valence-corrected chi connectivity index (χ0v) is 19.8. The average molecular weight is 477 g/mol. The second-order valence-corrected chi connectivity index (χ2v) is 11.0. The van der Waals surface area contributed by atoms with Gasteiger partial charge in [-0.3, -0.25) is 9.59 Å². The van der Waals surface area contributed by atoms with E-state index in [1.807, 2.05) is 25.7 Å². The molecule has 0 radical (unpaired) electrons. The van der Waals surface area contributed by atoms with Crippen LogP contribution in [-0.4, -0.2) is 48.9 Å². The predicted molar refractivity (Wildman–Crippen MR) is 121 cm³/mol. The number of halogens is 3. The van der Waals surface area contributed by atoms with E-state index in [1.54, 1.807) is 17.0 Å². The Morgan fingerprint density at radius 3 is 2.32 bits per heavy atom. The van der Waals surface area contributed by atoms with Crippen molar-refractivity contribution in [2.45, 2.75) is 58.7 Å². The lowest BCUT2D eigenvalue weighted by Gasteiger charge is -2.43. The van der Waals surface area contributed by atoms with E-state index in [0.29, 0.717) is 44.7 Å². The minimum Gasteiger partial charge on any atom is -0.371 e. The first kappa shape index (κ1) is 24.4. The molecule has 1 aliphatic carbocycles. The number of carbonyl (C=O) groups is 2. The molecule has 1 saturated carbocycles. The molecule has 1 unspecified atom stereocenters. The predicted octanol–water partition coefficient (Wildman–Crippen LogP) is 3.95. The molecule has 1 aromatic rings. The maximum atomic E-state index is 13.4. The van der Waals surface area contributed by atoms with Gasteiger partial charge in [-0.25, -0.2) is 0 Å². The third kappa shape index (κ3) is 4.73. The fraction of sp³-hybridized carbons (Fsp3) is 0.640. The molecular formula is C25H31F3N4O2. The van der Waals surface area contributed by atoms with Crippen LogP contribution in [-0.2, 0) is 15.8 Å². The Morgan fingerprint density at radius 1 is 1.15 bits per heavy atom. The maximum absolute atomic E-state index is 13.4. The van der Waals surface area contributed by atoms with Crippen LogP contribution < -0.4 is 10.2 Å². The van der Waals surface area contributed by atoms with Crippen LogP contribution in [0.25, 0.3) is 0 Å². The molecule has 2 saturated heterocycles. The van der Waals surface area contributed by atoms with E-state index in [0.717, 1.165) is 18.9 Å². The van der Waals surface area contributed by atoms with Gasteiger partial charge in [-0.2, -0.15) is 18.4 Å². The number of rotatable bonds is 3. The monoisotopic (exact) mass is 476 g/mol. The van der Waals surface area contributed by atoms with Gasteiger partial charge in [-0.15, -0.1) is 0 Å². The van der Waals surface area contributed by atoms with Crippen LogP contribution in [0.2, 0.25) is 0 Å². The van der Waals surface area contributed by atoms with Gasteiger partial charge in [0.05, 0.1) is 23.1 Å². The summed E-state index contributed by atoms with van der Waals surface area (Å²) in [6, 6.07) is 5.64. The van der Waals surface area contributed by atoms with E-state index in [2.05, 4.69) is 5.32 Å². The molecular weight excluding hydrogens is 445 g/mol. The van der Waals surface area contributed by atoms with Gasteiger partial charge in [0.25, 0.3) is 0 Å². The quantitative estimate of drug-likeness (QED) is 0.717. The summed E-state index contributed by atoms with van der Waals surface area (Å²) in [5, 5.41) is 12.2. The first-order valence-electron chi connectivity index (χ1n) is 11.8. The maximum Gasteiger partial charge on any atom is 0.417 e. The van der Waals surface area contributed by atoms with Gasteiger partial charge >= 0.3 is 6.18 Å². The van der Waals surface area contributed by atoms with Crippen molar-refractivity contribution in [3.63, 3.8) is 0 Å². The number of hydrogen-bond acceptors (Lipinski definition) is 4.